The Labute approximate surface area is 122 Å². The molecule has 1 heterocycles. The largest absolute Gasteiger partial charge is 0.370 e. The lowest BCUT2D eigenvalue weighted by Crippen LogP contribution is -2.07. The standard InChI is InChI=1S/C15H27N3S/c1-5-8-9-11-19-15-12(4)14(16-7-3)17-13(18-15)10-6-2/h5-11H2,1-4H3,(H,16,17,18). The summed E-state index contributed by atoms with van der Waals surface area (Å²) >= 11 is 1.88. The van der Waals surface area contributed by atoms with E-state index in [9.17, 15) is 0 Å². The van der Waals surface area contributed by atoms with Gasteiger partial charge in [0.2, 0.25) is 0 Å². The molecule has 3 nitrogen and oxygen atoms in total. The van der Waals surface area contributed by atoms with E-state index in [0.29, 0.717) is 0 Å². The van der Waals surface area contributed by atoms with Crippen LogP contribution < -0.4 is 5.32 Å². The van der Waals surface area contributed by atoms with E-state index in [1.165, 1.54) is 24.8 Å². The number of aryl methyl sites for hydroxylation is 1. The molecule has 0 aliphatic heterocycles. The predicted octanol–water partition coefficient (Wildman–Crippen LogP) is 4.45. The summed E-state index contributed by atoms with van der Waals surface area (Å²) in [4.78, 5) is 9.34. The average Bonchev–Trinajstić information content (AvgIpc) is 2.40. The van der Waals surface area contributed by atoms with Crippen LogP contribution in [0.3, 0.4) is 0 Å². The van der Waals surface area contributed by atoms with Crippen molar-refractivity contribution in [1.29, 1.82) is 0 Å². The van der Waals surface area contributed by atoms with Crippen molar-refractivity contribution in [2.24, 2.45) is 0 Å². The number of hydrogen-bond donors (Lipinski definition) is 1. The zero-order chi connectivity index (χ0) is 14.1. The van der Waals surface area contributed by atoms with Crippen LogP contribution in [-0.2, 0) is 6.42 Å². The normalized spacial score (nSPS) is 10.7. The van der Waals surface area contributed by atoms with Crippen LogP contribution in [0, 0.1) is 6.92 Å². The first-order valence-electron chi connectivity index (χ1n) is 7.47. The van der Waals surface area contributed by atoms with Gasteiger partial charge in [0.1, 0.15) is 16.7 Å². The summed E-state index contributed by atoms with van der Waals surface area (Å²) in [6, 6.07) is 0. The number of aromatic nitrogens is 2. The van der Waals surface area contributed by atoms with Crippen molar-refractivity contribution in [2.45, 2.75) is 64.8 Å². The van der Waals surface area contributed by atoms with Gasteiger partial charge in [0, 0.05) is 18.5 Å². The highest BCUT2D eigenvalue weighted by Gasteiger charge is 2.10. The Morgan fingerprint density at radius 3 is 2.47 bits per heavy atom. The maximum atomic E-state index is 4.71. The Morgan fingerprint density at radius 1 is 1.05 bits per heavy atom. The fourth-order valence-electron chi connectivity index (χ4n) is 1.88. The van der Waals surface area contributed by atoms with E-state index in [0.717, 1.165) is 41.8 Å². The van der Waals surface area contributed by atoms with Crippen LogP contribution >= 0.6 is 11.8 Å². The van der Waals surface area contributed by atoms with Crippen LogP contribution in [0.1, 0.15) is 57.8 Å². The monoisotopic (exact) mass is 281 g/mol. The van der Waals surface area contributed by atoms with Gasteiger partial charge in [0.05, 0.1) is 0 Å². The molecule has 1 aromatic rings. The van der Waals surface area contributed by atoms with Gasteiger partial charge in [-0.2, -0.15) is 0 Å². The predicted molar refractivity (Wildman–Crippen MR) is 85.2 cm³/mol. The molecule has 0 radical (unpaired) electrons. The lowest BCUT2D eigenvalue weighted by Gasteiger charge is -2.12. The molecule has 0 unspecified atom stereocenters. The number of thioether (sulfide) groups is 1. The first kappa shape index (κ1) is 16.3. The van der Waals surface area contributed by atoms with Gasteiger partial charge in [-0.3, -0.25) is 0 Å². The summed E-state index contributed by atoms with van der Waals surface area (Å²) in [5, 5.41) is 4.51. The molecule has 0 aromatic carbocycles. The zero-order valence-electron chi connectivity index (χ0n) is 12.8. The van der Waals surface area contributed by atoms with E-state index >= 15 is 0 Å². The Hall–Kier alpha value is -0.770. The van der Waals surface area contributed by atoms with Crippen LogP contribution in [-0.4, -0.2) is 22.3 Å². The molecule has 0 aliphatic carbocycles. The van der Waals surface area contributed by atoms with E-state index in [4.69, 9.17) is 4.98 Å². The van der Waals surface area contributed by atoms with Crippen molar-refractivity contribution in [1.82, 2.24) is 9.97 Å². The number of unbranched alkanes of at least 4 members (excludes halogenated alkanes) is 2. The minimum Gasteiger partial charge on any atom is -0.370 e. The number of nitrogens with one attached hydrogen (secondary N) is 1. The van der Waals surface area contributed by atoms with Crippen molar-refractivity contribution in [2.75, 3.05) is 17.6 Å². The zero-order valence-corrected chi connectivity index (χ0v) is 13.6. The first-order valence-corrected chi connectivity index (χ1v) is 8.45. The van der Waals surface area contributed by atoms with Crippen molar-refractivity contribution in [3.63, 3.8) is 0 Å². The molecule has 0 atom stereocenters. The lowest BCUT2D eigenvalue weighted by atomic mass is 10.3. The summed E-state index contributed by atoms with van der Waals surface area (Å²) in [6.07, 6.45) is 5.89. The van der Waals surface area contributed by atoms with Gasteiger partial charge >= 0.3 is 0 Å². The van der Waals surface area contributed by atoms with Crippen molar-refractivity contribution in [3.8, 4) is 0 Å². The molecule has 1 aromatic heterocycles. The highest BCUT2D eigenvalue weighted by molar-refractivity contribution is 7.99. The maximum Gasteiger partial charge on any atom is 0.133 e. The molecule has 0 amide bonds. The number of anilines is 1. The van der Waals surface area contributed by atoms with Crippen molar-refractivity contribution < 1.29 is 0 Å². The second kappa shape index (κ2) is 9.18. The Bertz CT molecular complexity index is 380. The fraction of sp³-hybridized carbons (Fsp3) is 0.733. The van der Waals surface area contributed by atoms with Gasteiger partial charge < -0.3 is 5.32 Å². The van der Waals surface area contributed by atoms with Crippen molar-refractivity contribution >= 4 is 17.6 Å². The average molecular weight is 281 g/mol. The molecule has 0 aliphatic rings. The van der Waals surface area contributed by atoms with Gasteiger partial charge in [-0.1, -0.05) is 26.7 Å². The topological polar surface area (TPSA) is 37.8 Å². The molecule has 1 N–H and O–H groups in total. The van der Waals surface area contributed by atoms with Gasteiger partial charge in [0.25, 0.3) is 0 Å². The lowest BCUT2D eigenvalue weighted by molar-refractivity contribution is 0.775. The van der Waals surface area contributed by atoms with Gasteiger partial charge in [-0.15, -0.1) is 11.8 Å². The smallest absolute Gasteiger partial charge is 0.133 e. The summed E-state index contributed by atoms with van der Waals surface area (Å²) in [6.45, 7) is 9.54. The molecule has 0 saturated carbocycles. The summed E-state index contributed by atoms with van der Waals surface area (Å²) in [7, 11) is 0. The van der Waals surface area contributed by atoms with Crippen LogP contribution in [0.25, 0.3) is 0 Å². The third-order valence-electron chi connectivity index (χ3n) is 2.95. The van der Waals surface area contributed by atoms with E-state index in [1.807, 2.05) is 11.8 Å². The maximum absolute atomic E-state index is 4.71. The third kappa shape index (κ3) is 5.39. The SMILES string of the molecule is CCCCCSc1nc(CCC)nc(NCC)c1C. The van der Waals surface area contributed by atoms with E-state index in [-0.39, 0.29) is 0 Å². The summed E-state index contributed by atoms with van der Waals surface area (Å²) in [5.41, 5.74) is 1.20. The molecular weight excluding hydrogens is 254 g/mol. The summed E-state index contributed by atoms with van der Waals surface area (Å²) in [5.74, 6) is 3.14. The summed E-state index contributed by atoms with van der Waals surface area (Å²) < 4.78 is 0. The van der Waals surface area contributed by atoms with Gasteiger partial charge in [-0.25, -0.2) is 9.97 Å². The third-order valence-corrected chi connectivity index (χ3v) is 4.12. The second-order valence-electron chi connectivity index (χ2n) is 4.75. The van der Waals surface area contributed by atoms with Crippen LogP contribution in [0.5, 0.6) is 0 Å². The molecular formula is C15H27N3S. The molecule has 19 heavy (non-hydrogen) atoms. The van der Waals surface area contributed by atoms with Gasteiger partial charge in [-0.05, 0) is 32.4 Å². The quantitative estimate of drug-likeness (QED) is 0.412. The Kier molecular flexibility index (Phi) is 7.87. The van der Waals surface area contributed by atoms with Crippen LogP contribution in [0.4, 0.5) is 5.82 Å². The molecule has 4 heteroatoms. The fourth-order valence-corrected chi connectivity index (χ4v) is 2.90. The van der Waals surface area contributed by atoms with E-state index < -0.39 is 0 Å². The number of nitrogens with zero attached hydrogens (tertiary/aromatic N) is 2. The molecule has 0 spiro atoms. The van der Waals surface area contributed by atoms with Crippen LogP contribution in [0.15, 0.2) is 5.03 Å². The Morgan fingerprint density at radius 2 is 1.84 bits per heavy atom. The van der Waals surface area contributed by atoms with E-state index in [2.05, 4.69) is 38.0 Å². The van der Waals surface area contributed by atoms with Gasteiger partial charge in [0.15, 0.2) is 0 Å². The first-order chi connectivity index (χ1) is 9.22. The minimum atomic E-state index is 0.906. The van der Waals surface area contributed by atoms with Crippen LogP contribution in [0.2, 0.25) is 0 Å². The highest BCUT2D eigenvalue weighted by Crippen LogP contribution is 2.26. The molecule has 1 rings (SSSR count). The van der Waals surface area contributed by atoms with E-state index in [1.54, 1.807) is 0 Å². The number of hydrogen-bond acceptors (Lipinski definition) is 4. The molecule has 0 fully saturated rings. The van der Waals surface area contributed by atoms with Crippen molar-refractivity contribution in [3.05, 3.63) is 11.4 Å². The minimum absolute atomic E-state index is 0.906. The number of rotatable bonds is 9. The molecule has 0 saturated heterocycles. The second-order valence-corrected chi connectivity index (χ2v) is 5.84. The highest BCUT2D eigenvalue weighted by atomic mass is 32.2. The molecule has 108 valence electrons. The molecule has 0 bridgehead atoms. The Balaban J connectivity index is 2.80.